The number of rotatable bonds is 6. The lowest BCUT2D eigenvalue weighted by molar-refractivity contribution is -0.115. The van der Waals surface area contributed by atoms with Crippen molar-refractivity contribution >= 4 is 58.2 Å². The highest BCUT2D eigenvalue weighted by Gasteiger charge is 2.07. The van der Waals surface area contributed by atoms with Crippen LogP contribution >= 0.6 is 35.4 Å². The van der Waals surface area contributed by atoms with Gasteiger partial charge in [0.2, 0.25) is 5.91 Å². The summed E-state index contributed by atoms with van der Waals surface area (Å²) in [6.45, 7) is 4.34. The van der Waals surface area contributed by atoms with Crippen LogP contribution in [-0.2, 0) is 4.79 Å². The Morgan fingerprint density at radius 2 is 1.77 bits per heavy atom. The van der Waals surface area contributed by atoms with Crippen molar-refractivity contribution < 1.29 is 9.21 Å². The number of thiocarbonyl (C=S) groups is 1. The number of nitrogens with one attached hydrogen (secondary N) is 2. The average Bonchev–Trinajstić information content (AvgIpc) is 3.20. The number of halogens is 2. The number of amides is 1. The molecule has 2 N–H and O–H groups in total. The first-order valence-corrected chi connectivity index (χ1v) is 11.0. The Morgan fingerprint density at radius 3 is 2.42 bits per heavy atom. The molecule has 3 aromatic rings. The van der Waals surface area contributed by atoms with Gasteiger partial charge in [-0.3, -0.25) is 10.1 Å². The van der Waals surface area contributed by atoms with Crippen molar-refractivity contribution in [3.05, 3.63) is 82.0 Å². The van der Waals surface area contributed by atoms with Crippen molar-refractivity contribution in [3.8, 4) is 11.3 Å². The van der Waals surface area contributed by atoms with Gasteiger partial charge in [0.1, 0.15) is 11.5 Å². The Bertz CT molecular complexity index is 1090. The molecule has 0 aliphatic rings. The number of furan rings is 1. The predicted octanol–water partition coefficient (Wildman–Crippen LogP) is 7.29. The lowest BCUT2D eigenvalue weighted by Gasteiger charge is -2.11. The predicted molar refractivity (Wildman–Crippen MR) is 133 cm³/mol. The number of hydrogen-bond donors (Lipinski definition) is 2. The van der Waals surface area contributed by atoms with E-state index in [0.29, 0.717) is 27.5 Å². The molecular formula is C24H22Cl2N2O2S. The molecule has 1 atom stereocenters. The molecule has 0 radical (unpaired) electrons. The molecule has 0 aliphatic carbocycles. The highest BCUT2D eigenvalue weighted by Crippen LogP contribution is 2.29. The van der Waals surface area contributed by atoms with Gasteiger partial charge >= 0.3 is 0 Å². The van der Waals surface area contributed by atoms with Crippen LogP contribution in [0, 0.1) is 0 Å². The maximum atomic E-state index is 12.2. The first-order chi connectivity index (χ1) is 14.8. The Balaban J connectivity index is 1.55. The van der Waals surface area contributed by atoms with Crippen LogP contribution in [0.1, 0.15) is 37.5 Å². The van der Waals surface area contributed by atoms with Gasteiger partial charge in [0.25, 0.3) is 0 Å². The van der Waals surface area contributed by atoms with E-state index >= 15 is 0 Å². The SMILES string of the molecule is CC[C@H](C)c1ccc(NC(=S)NC(=O)/C=C/c2ccc(-c3cc(Cl)cc(Cl)c3)o2)cc1. The number of hydrogen-bond acceptors (Lipinski definition) is 3. The molecule has 2 aromatic carbocycles. The molecule has 1 aromatic heterocycles. The molecule has 1 amide bonds. The highest BCUT2D eigenvalue weighted by molar-refractivity contribution is 7.80. The van der Waals surface area contributed by atoms with Gasteiger partial charge < -0.3 is 9.73 Å². The van der Waals surface area contributed by atoms with Gasteiger partial charge in [-0.25, -0.2) is 0 Å². The average molecular weight is 473 g/mol. The molecule has 0 saturated carbocycles. The Morgan fingerprint density at radius 1 is 1.10 bits per heavy atom. The molecule has 4 nitrogen and oxygen atoms in total. The highest BCUT2D eigenvalue weighted by atomic mass is 35.5. The Hall–Kier alpha value is -2.60. The summed E-state index contributed by atoms with van der Waals surface area (Å²) in [6.07, 6.45) is 4.00. The fourth-order valence-corrected chi connectivity index (χ4v) is 3.64. The minimum absolute atomic E-state index is 0.222. The van der Waals surface area contributed by atoms with Crippen molar-refractivity contribution in [1.29, 1.82) is 0 Å². The van der Waals surface area contributed by atoms with E-state index in [1.807, 2.05) is 12.1 Å². The molecule has 0 aliphatic heterocycles. The maximum absolute atomic E-state index is 12.2. The van der Waals surface area contributed by atoms with E-state index in [1.165, 1.54) is 11.6 Å². The maximum Gasteiger partial charge on any atom is 0.250 e. The van der Waals surface area contributed by atoms with Crippen molar-refractivity contribution in [2.24, 2.45) is 0 Å². The third-order valence-corrected chi connectivity index (χ3v) is 5.40. The molecule has 0 saturated heterocycles. The molecule has 31 heavy (non-hydrogen) atoms. The molecule has 0 spiro atoms. The third-order valence-electron chi connectivity index (χ3n) is 4.76. The van der Waals surface area contributed by atoms with Gasteiger partial charge in [-0.05, 0) is 78.7 Å². The Kier molecular flexibility index (Phi) is 7.91. The molecule has 0 bridgehead atoms. The minimum Gasteiger partial charge on any atom is -0.457 e. The summed E-state index contributed by atoms with van der Waals surface area (Å²) in [7, 11) is 0. The molecule has 160 valence electrons. The summed E-state index contributed by atoms with van der Waals surface area (Å²) in [5.41, 5.74) is 2.84. The van der Waals surface area contributed by atoms with E-state index in [1.54, 1.807) is 36.4 Å². The number of carbonyl (C=O) groups excluding carboxylic acids is 1. The van der Waals surface area contributed by atoms with Gasteiger partial charge in [-0.2, -0.15) is 0 Å². The van der Waals surface area contributed by atoms with Gasteiger partial charge in [0.05, 0.1) is 0 Å². The zero-order chi connectivity index (χ0) is 22.4. The quantitative estimate of drug-likeness (QED) is 0.292. The lowest BCUT2D eigenvalue weighted by atomic mass is 9.99. The molecule has 0 unspecified atom stereocenters. The lowest BCUT2D eigenvalue weighted by Crippen LogP contribution is -2.32. The van der Waals surface area contributed by atoms with E-state index in [9.17, 15) is 4.79 Å². The zero-order valence-corrected chi connectivity index (χ0v) is 19.4. The summed E-state index contributed by atoms with van der Waals surface area (Å²) >= 11 is 17.3. The Labute approximate surface area is 197 Å². The van der Waals surface area contributed by atoms with E-state index in [2.05, 4.69) is 36.6 Å². The summed E-state index contributed by atoms with van der Waals surface area (Å²) in [4.78, 5) is 12.2. The summed E-state index contributed by atoms with van der Waals surface area (Å²) in [6, 6.07) is 16.7. The van der Waals surface area contributed by atoms with Gasteiger partial charge in [-0.15, -0.1) is 0 Å². The van der Waals surface area contributed by atoms with Gasteiger partial charge in [0, 0.05) is 27.4 Å². The first kappa shape index (κ1) is 23.1. The van der Waals surface area contributed by atoms with Crippen LogP contribution < -0.4 is 10.6 Å². The topological polar surface area (TPSA) is 54.3 Å². The molecular weight excluding hydrogens is 451 g/mol. The van der Waals surface area contributed by atoms with Gasteiger partial charge in [0.15, 0.2) is 5.11 Å². The van der Waals surface area contributed by atoms with Crippen LogP contribution in [0.15, 0.2) is 65.1 Å². The van der Waals surface area contributed by atoms with E-state index < -0.39 is 0 Å². The monoisotopic (exact) mass is 472 g/mol. The van der Waals surface area contributed by atoms with Crippen molar-refractivity contribution in [2.45, 2.75) is 26.2 Å². The largest absolute Gasteiger partial charge is 0.457 e. The number of anilines is 1. The van der Waals surface area contributed by atoms with Crippen molar-refractivity contribution in [1.82, 2.24) is 5.32 Å². The van der Waals surface area contributed by atoms with E-state index in [4.69, 9.17) is 39.8 Å². The minimum atomic E-state index is -0.363. The molecule has 3 rings (SSSR count). The summed E-state index contributed by atoms with van der Waals surface area (Å²) in [5.74, 6) is 1.25. The van der Waals surface area contributed by atoms with Crippen LogP contribution in [-0.4, -0.2) is 11.0 Å². The normalized spacial score (nSPS) is 12.0. The van der Waals surface area contributed by atoms with Crippen LogP contribution in [0.3, 0.4) is 0 Å². The molecule has 7 heteroatoms. The standard InChI is InChI=1S/C24H22Cl2N2O2S/c1-3-15(2)16-4-6-20(7-5-16)27-24(31)28-23(29)11-9-21-8-10-22(30-21)17-12-18(25)14-19(26)13-17/h4-15H,3H2,1-2H3,(H2,27,28,29,31)/b11-9+/t15-/m0/s1. The van der Waals surface area contributed by atoms with E-state index in [-0.39, 0.29) is 11.0 Å². The second kappa shape index (κ2) is 10.6. The van der Waals surface area contributed by atoms with Crippen LogP contribution in [0.25, 0.3) is 17.4 Å². The molecule has 0 fully saturated rings. The zero-order valence-electron chi connectivity index (χ0n) is 17.1. The second-order valence-electron chi connectivity index (χ2n) is 7.07. The van der Waals surface area contributed by atoms with Crippen molar-refractivity contribution in [3.63, 3.8) is 0 Å². The van der Waals surface area contributed by atoms with E-state index in [0.717, 1.165) is 17.7 Å². The van der Waals surface area contributed by atoms with Crippen LogP contribution in [0.2, 0.25) is 10.0 Å². The fourth-order valence-electron chi connectivity index (χ4n) is 2.90. The first-order valence-electron chi connectivity index (χ1n) is 9.80. The summed E-state index contributed by atoms with van der Waals surface area (Å²) in [5, 5.41) is 6.89. The van der Waals surface area contributed by atoms with Crippen molar-refractivity contribution in [2.75, 3.05) is 5.32 Å². The third kappa shape index (κ3) is 6.69. The second-order valence-corrected chi connectivity index (χ2v) is 8.35. The number of benzene rings is 2. The number of carbonyl (C=O) groups is 1. The van der Waals surface area contributed by atoms with Gasteiger partial charge in [-0.1, -0.05) is 49.2 Å². The smallest absolute Gasteiger partial charge is 0.250 e. The molecule has 1 heterocycles. The summed E-state index contributed by atoms with van der Waals surface area (Å²) < 4.78 is 5.74. The van der Waals surface area contributed by atoms with Crippen LogP contribution in [0.5, 0.6) is 0 Å². The van der Waals surface area contributed by atoms with Crippen LogP contribution in [0.4, 0.5) is 5.69 Å². The fraction of sp³-hybridized carbons (Fsp3) is 0.167.